The van der Waals surface area contributed by atoms with Gasteiger partial charge in [0.25, 0.3) is 0 Å². The number of amides is 2. The standard InChI is InChI=1S/C13H17FN2O2/c1-3-8-15-13(17)16-10(2)9-18-12-6-4-11(14)5-7-12/h3-7,10H,1,8-9H2,2H3,(H2,15,16,17). The Balaban J connectivity index is 2.28. The molecule has 1 atom stereocenters. The summed E-state index contributed by atoms with van der Waals surface area (Å²) in [6, 6.07) is 5.30. The molecule has 1 aromatic carbocycles. The maximum atomic E-state index is 12.6. The van der Waals surface area contributed by atoms with Gasteiger partial charge in [0.2, 0.25) is 0 Å². The van der Waals surface area contributed by atoms with Crippen molar-refractivity contribution in [2.24, 2.45) is 0 Å². The van der Waals surface area contributed by atoms with Gasteiger partial charge in [0, 0.05) is 6.54 Å². The third kappa shape index (κ3) is 5.34. The summed E-state index contributed by atoms with van der Waals surface area (Å²) in [5.74, 6) is 0.258. The number of hydrogen-bond donors (Lipinski definition) is 2. The molecule has 1 rings (SSSR count). The maximum absolute atomic E-state index is 12.6. The number of carbonyl (C=O) groups excluding carboxylic acids is 1. The Hall–Kier alpha value is -2.04. The van der Waals surface area contributed by atoms with Crippen LogP contribution in [0.15, 0.2) is 36.9 Å². The van der Waals surface area contributed by atoms with Gasteiger partial charge in [0.15, 0.2) is 0 Å². The number of hydrogen-bond acceptors (Lipinski definition) is 2. The maximum Gasteiger partial charge on any atom is 0.315 e. The summed E-state index contributed by atoms with van der Waals surface area (Å²) in [7, 11) is 0. The van der Waals surface area contributed by atoms with Crippen LogP contribution >= 0.6 is 0 Å². The van der Waals surface area contributed by atoms with Crippen LogP contribution in [0.2, 0.25) is 0 Å². The Morgan fingerprint density at radius 3 is 2.78 bits per heavy atom. The van der Waals surface area contributed by atoms with Crippen LogP contribution in [0.4, 0.5) is 9.18 Å². The molecule has 0 aromatic heterocycles. The van der Waals surface area contributed by atoms with Crippen LogP contribution in [0.1, 0.15) is 6.92 Å². The Morgan fingerprint density at radius 1 is 1.50 bits per heavy atom. The SMILES string of the molecule is C=CCNC(=O)NC(C)COc1ccc(F)cc1. The van der Waals surface area contributed by atoms with Crippen LogP contribution < -0.4 is 15.4 Å². The van der Waals surface area contributed by atoms with Crippen molar-refractivity contribution in [2.75, 3.05) is 13.2 Å². The zero-order valence-electron chi connectivity index (χ0n) is 10.3. The number of benzene rings is 1. The van der Waals surface area contributed by atoms with E-state index in [0.29, 0.717) is 18.9 Å². The lowest BCUT2D eigenvalue weighted by Crippen LogP contribution is -2.43. The highest BCUT2D eigenvalue weighted by Gasteiger charge is 2.06. The second-order valence-corrected chi connectivity index (χ2v) is 3.81. The third-order valence-electron chi connectivity index (χ3n) is 2.10. The van der Waals surface area contributed by atoms with E-state index in [4.69, 9.17) is 4.74 Å². The molecule has 2 amide bonds. The van der Waals surface area contributed by atoms with E-state index in [1.807, 2.05) is 6.92 Å². The Kier molecular flexibility index (Phi) is 5.70. The smallest absolute Gasteiger partial charge is 0.315 e. The molecule has 4 nitrogen and oxygen atoms in total. The average Bonchev–Trinajstić information content (AvgIpc) is 2.35. The first-order chi connectivity index (χ1) is 8.61. The summed E-state index contributed by atoms with van der Waals surface area (Å²) in [5.41, 5.74) is 0. The second-order valence-electron chi connectivity index (χ2n) is 3.81. The molecule has 0 radical (unpaired) electrons. The number of ether oxygens (including phenoxy) is 1. The van der Waals surface area contributed by atoms with Crippen molar-refractivity contribution in [3.05, 3.63) is 42.7 Å². The molecule has 2 N–H and O–H groups in total. The summed E-state index contributed by atoms with van der Waals surface area (Å²) < 4.78 is 18.0. The van der Waals surface area contributed by atoms with Crippen LogP contribution in [-0.2, 0) is 0 Å². The molecule has 0 aliphatic rings. The Labute approximate surface area is 106 Å². The molecule has 98 valence electrons. The first kappa shape index (κ1) is 14.0. The minimum Gasteiger partial charge on any atom is -0.491 e. The lowest BCUT2D eigenvalue weighted by atomic mass is 10.3. The van der Waals surface area contributed by atoms with Gasteiger partial charge in [-0.1, -0.05) is 6.08 Å². The lowest BCUT2D eigenvalue weighted by Gasteiger charge is -2.15. The molecular weight excluding hydrogens is 235 g/mol. The predicted octanol–water partition coefficient (Wildman–Crippen LogP) is 2.08. The number of nitrogens with one attached hydrogen (secondary N) is 2. The molecule has 0 saturated carbocycles. The number of urea groups is 1. The Morgan fingerprint density at radius 2 is 2.17 bits per heavy atom. The minimum atomic E-state index is -0.308. The average molecular weight is 252 g/mol. The van der Waals surface area contributed by atoms with E-state index in [9.17, 15) is 9.18 Å². The number of halogens is 1. The fourth-order valence-corrected chi connectivity index (χ4v) is 1.23. The van der Waals surface area contributed by atoms with Crippen molar-refractivity contribution in [2.45, 2.75) is 13.0 Å². The Bertz CT molecular complexity index is 392. The molecular formula is C13H17FN2O2. The number of carbonyl (C=O) groups is 1. The molecule has 0 spiro atoms. The van der Waals surface area contributed by atoms with E-state index < -0.39 is 0 Å². The quantitative estimate of drug-likeness (QED) is 0.761. The van der Waals surface area contributed by atoms with Crippen LogP contribution in [0, 0.1) is 5.82 Å². The van der Waals surface area contributed by atoms with Gasteiger partial charge in [0.1, 0.15) is 18.2 Å². The highest BCUT2D eigenvalue weighted by atomic mass is 19.1. The summed E-state index contributed by atoms with van der Waals surface area (Å²) >= 11 is 0. The van der Waals surface area contributed by atoms with Crippen LogP contribution in [0.5, 0.6) is 5.75 Å². The van der Waals surface area contributed by atoms with Gasteiger partial charge >= 0.3 is 6.03 Å². The van der Waals surface area contributed by atoms with Gasteiger partial charge in [-0.3, -0.25) is 0 Å². The molecule has 0 aliphatic heterocycles. The largest absolute Gasteiger partial charge is 0.491 e. The highest BCUT2D eigenvalue weighted by molar-refractivity contribution is 5.74. The van der Waals surface area contributed by atoms with Gasteiger partial charge in [0.05, 0.1) is 6.04 Å². The molecule has 1 aromatic rings. The van der Waals surface area contributed by atoms with E-state index in [1.165, 1.54) is 12.1 Å². The minimum absolute atomic E-state index is 0.153. The second kappa shape index (κ2) is 7.32. The van der Waals surface area contributed by atoms with E-state index in [-0.39, 0.29) is 17.9 Å². The molecule has 0 heterocycles. The van der Waals surface area contributed by atoms with E-state index in [1.54, 1.807) is 18.2 Å². The van der Waals surface area contributed by atoms with Gasteiger partial charge in [-0.15, -0.1) is 6.58 Å². The van der Waals surface area contributed by atoms with Gasteiger partial charge in [-0.2, -0.15) is 0 Å². The fraction of sp³-hybridized carbons (Fsp3) is 0.308. The predicted molar refractivity (Wildman–Crippen MR) is 68.1 cm³/mol. The summed E-state index contributed by atoms with van der Waals surface area (Å²) in [6.07, 6.45) is 1.60. The molecule has 0 fully saturated rings. The van der Waals surface area contributed by atoms with Crippen molar-refractivity contribution in [1.82, 2.24) is 10.6 Å². The van der Waals surface area contributed by atoms with Crippen molar-refractivity contribution in [3.8, 4) is 5.75 Å². The first-order valence-corrected chi connectivity index (χ1v) is 5.65. The normalized spacial score (nSPS) is 11.4. The van der Waals surface area contributed by atoms with Gasteiger partial charge in [-0.25, -0.2) is 9.18 Å². The molecule has 0 bridgehead atoms. The first-order valence-electron chi connectivity index (χ1n) is 5.65. The zero-order chi connectivity index (χ0) is 13.4. The van der Waals surface area contributed by atoms with Crippen molar-refractivity contribution in [3.63, 3.8) is 0 Å². The zero-order valence-corrected chi connectivity index (χ0v) is 10.3. The highest BCUT2D eigenvalue weighted by Crippen LogP contribution is 2.11. The topological polar surface area (TPSA) is 50.4 Å². The van der Waals surface area contributed by atoms with Crippen LogP contribution in [0.25, 0.3) is 0 Å². The number of rotatable bonds is 6. The van der Waals surface area contributed by atoms with Gasteiger partial charge < -0.3 is 15.4 Å². The van der Waals surface area contributed by atoms with E-state index >= 15 is 0 Å². The fourth-order valence-electron chi connectivity index (χ4n) is 1.23. The van der Waals surface area contributed by atoms with E-state index in [2.05, 4.69) is 17.2 Å². The van der Waals surface area contributed by atoms with Gasteiger partial charge in [-0.05, 0) is 31.2 Å². The van der Waals surface area contributed by atoms with Crippen LogP contribution in [0.3, 0.4) is 0 Å². The third-order valence-corrected chi connectivity index (χ3v) is 2.10. The van der Waals surface area contributed by atoms with Crippen molar-refractivity contribution in [1.29, 1.82) is 0 Å². The molecule has 18 heavy (non-hydrogen) atoms. The van der Waals surface area contributed by atoms with Crippen LogP contribution in [-0.4, -0.2) is 25.2 Å². The van der Waals surface area contributed by atoms with E-state index in [0.717, 1.165) is 0 Å². The molecule has 0 aliphatic carbocycles. The molecule has 1 unspecified atom stereocenters. The molecule has 5 heteroatoms. The van der Waals surface area contributed by atoms with Crippen molar-refractivity contribution < 1.29 is 13.9 Å². The molecule has 0 saturated heterocycles. The summed E-state index contributed by atoms with van der Waals surface area (Å²) in [5, 5.41) is 5.30. The monoisotopic (exact) mass is 252 g/mol. The lowest BCUT2D eigenvalue weighted by molar-refractivity contribution is 0.227. The summed E-state index contributed by atoms with van der Waals surface area (Å²) in [6.45, 7) is 6.04. The summed E-state index contributed by atoms with van der Waals surface area (Å²) in [4.78, 5) is 11.3. The van der Waals surface area contributed by atoms with Crippen molar-refractivity contribution >= 4 is 6.03 Å².